The van der Waals surface area contributed by atoms with Crippen molar-refractivity contribution in [1.29, 1.82) is 0 Å². The summed E-state index contributed by atoms with van der Waals surface area (Å²) in [5.74, 6) is -0.212. The molecule has 2 aromatic rings. The molecule has 8 heteroatoms. The fourth-order valence-corrected chi connectivity index (χ4v) is 3.42. The Kier molecular flexibility index (Phi) is 7.01. The number of β-amino-alcohol motifs (C(OH)–C–C–N with tert-alkyl or cyclic N) is 1. The Morgan fingerprint density at radius 2 is 2.04 bits per heavy atom. The predicted molar refractivity (Wildman–Crippen MR) is 106 cm³/mol. The van der Waals surface area contributed by atoms with Gasteiger partial charge in [-0.3, -0.25) is 9.69 Å². The van der Waals surface area contributed by atoms with E-state index in [1.54, 1.807) is 10.9 Å². The van der Waals surface area contributed by atoms with Gasteiger partial charge in [0.05, 0.1) is 42.5 Å². The minimum atomic E-state index is -0.612. The maximum absolute atomic E-state index is 12.6. The number of hydrogen-bond acceptors (Lipinski definition) is 5. The van der Waals surface area contributed by atoms with Gasteiger partial charge in [-0.2, -0.15) is 5.10 Å². The highest BCUT2D eigenvalue weighted by Gasteiger charge is 2.19. The minimum Gasteiger partial charge on any atom is -0.390 e. The van der Waals surface area contributed by atoms with E-state index in [1.165, 1.54) is 0 Å². The molecule has 1 fully saturated rings. The van der Waals surface area contributed by atoms with E-state index in [-0.39, 0.29) is 12.5 Å². The molecule has 1 atom stereocenters. The summed E-state index contributed by atoms with van der Waals surface area (Å²) in [4.78, 5) is 14.7. The molecule has 0 aliphatic carbocycles. The zero-order valence-corrected chi connectivity index (χ0v) is 17.0. The monoisotopic (exact) mass is 436 g/mol. The number of morpholine rings is 1. The Hall–Kier alpha value is -1.74. The molecule has 0 radical (unpaired) electrons. The highest BCUT2D eigenvalue weighted by Crippen LogP contribution is 2.18. The van der Waals surface area contributed by atoms with Gasteiger partial charge in [0, 0.05) is 30.7 Å². The third-order valence-electron chi connectivity index (χ3n) is 4.59. The van der Waals surface area contributed by atoms with Gasteiger partial charge in [-0.05, 0) is 30.7 Å². The molecule has 1 aromatic heterocycles. The van der Waals surface area contributed by atoms with Gasteiger partial charge in [0.25, 0.3) is 5.91 Å². The van der Waals surface area contributed by atoms with Crippen molar-refractivity contribution in [2.75, 3.05) is 39.4 Å². The smallest absolute Gasteiger partial charge is 0.254 e. The number of nitrogens with one attached hydrogen (secondary N) is 1. The first-order chi connectivity index (χ1) is 13.1. The SMILES string of the molecule is CCc1c(C(=O)NCC(O)CN2CCOCC2)cnn1-c1ccc(Br)cc1. The number of carbonyl (C=O) groups is 1. The zero-order chi connectivity index (χ0) is 19.2. The normalized spacial score (nSPS) is 16.3. The summed E-state index contributed by atoms with van der Waals surface area (Å²) in [6.07, 6.45) is 1.65. The Morgan fingerprint density at radius 1 is 1.33 bits per heavy atom. The van der Waals surface area contributed by atoms with E-state index < -0.39 is 6.10 Å². The molecule has 0 saturated carbocycles. The summed E-state index contributed by atoms with van der Waals surface area (Å²) in [6.45, 7) is 5.74. The summed E-state index contributed by atoms with van der Waals surface area (Å²) in [6, 6.07) is 7.78. The van der Waals surface area contributed by atoms with Crippen LogP contribution in [0.3, 0.4) is 0 Å². The zero-order valence-electron chi connectivity index (χ0n) is 15.4. The van der Waals surface area contributed by atoms with Gasteiger partial charge >= 0.3 is 0 Å². The summed E-state index contributed by atoms with van der Waals surface area (Å²) < 4.78 is 8.08. The number of amides is 1. The van der Waals surface area contributed by atoms with Crippen molar-refractivity contribution in [2.45, 2.75) is 19.4 Å². The van der Waals surface area contributed by atoms with Crippen LogP contribution in [0.5, 0.6) is 0 Å². The Bertz CT molecular complexity index is 757. The molecule has 1 amide bonds. The fourth-order valence-electron chi connectivity index (χ4n) is 3.16. The first-order valence-corrected chi connectivity index (χ1v) is 9.97. The van der Waals surface area contributed by atoms with Crippen LogP contribution in [0.25, 0.3) is 5.69 Å². The first kappa shape index (κ1) is 20.0. The summed E-state index contributed by atoms with van der Waals surface area (Å²) in [5.41, 5.74) is 2.29. The number of nitrogens with zero attached hydrogens (tertiary/aromatic N) is 3. The molecule has 0 spiro atoms. The number of halogens is 1. The van der Waals surface area contributed by atoms with E-state index in [9.17, 15) is 9.90 Å². The van der Waals surface area contributed by atoms with Crippen molar-refractivity contribution in [1.82, 2.24) is 20.0 Å². The largest absolute Gasteiger partial charge is 0.390 e. The van der Waals surface area contributed by atoms with Crippen LogP contribution in [-0.2, 0) is 11.2 Å². The number of ether oxygens (including phenoxy) is 1. The molecule has 3 rings (SSSR count). The second-order valence-corrected chi connectivity index (χ2v) is 7.44. The van der Waals surface area contributed by atoms with Crippen LogP contribution in [0.2, 0.25) is 0 Å². The molecule has 1 unspecified atom stereocenters. The van der Waals surface area contributed by atoms with E-state index in [2.05, 4.69) is 31.2 Å². The van der Waals surface area contributed by atoms with Crippen molar-refractivity contribution < 1.29 is 14.6 Å². The maximum Gasteiger partial charge on any atom is 0.254 e. The lowest BCUT2D eigenvalue weighted by atomic mass is 10.2. The van der Waals surface area contributed by atoms with Crippen molar-refractivity contribution in [3.8, 4) is 5.69 Å². The molecule has 1 aliphatic heterocycles. The van der Waals surface area contributed by atoms with Crippen molar-refractivity contribution in [3.63, 3.8) is 0 Å². The lowest BCUT2D eigenvalue weighted by Gasteiger charge is -2.28. The van der Waals surface area contributed by atoms with Gasteiger partial charge in [0.2, 0.25) is 0 Å². The van der Waals surface area contributed by atoms with Crippen LogP contribution in [-0.4, -0.2) is 71.2 Å². The number of hydrogen-bond donors (Lipinski definition) is 2. The van der Waals surface area contributed by atoms with E-state index in [0.717, 1.165) is 28.9 Å². The van der Waals surface area contributed by atoms with E-state index >= 15 is 0 Å². The van der Waals surface area contributed by atoms with Crippen LogP contribution in [0, 0.1) is 0 Å². The molecular formula is C19H25BrN4O3. The topological polar surface area (TPSA) is 79.6 Å². The van der Waals surface area contributed by atoms with Gasteiger partial charge in [-0.1, -0.05) is 22.9 Å². The van der Waals surface area contributed by atoms with Gasteiger partial charge in [0.15, 0.2) is 0 Å². The highest BCUT2D eigenvalue weighted by molar-refractivity contribution is 9.10. The fraction of sp³-hybridized carbons (Fsp3) is 0.474. The number of aliphatic hydroxyl groups excluding tert-OH is 1. The number of aliphatic hydroxyl groups is 1. The summed E-state index contributed by atoms with van der Waals surface area (Å²) >= 11 is 3.42. The molecule has 146 valence electrons. The van der Waals surface area contributed by atoms with Crippen LogP contribution in [0.15, 0.2) is 34.9 Å². The number of aromatic nitrogens is 2. The van der Waals surface area contributed by atoms with Crippen molar-refractivity contribution in [3.05, 3.63) is 46.2 Å². The lowest BCUT2D eigenvalue weighted by Crippen LogP contribution is -2.44. The van der Waals surface area contributed by atoms with Gasteiger partial charge in [-0.25, -0.2) is 4.68 Å². The van der Waals surface area contributed by atoms with Gasteiger partial charge in [-0.15, -0.1) is 0 Å². The van der Waals surface area contributed by atoms with Gasteiger partial charge in [0.1, 0.15) is 0 Å². The van der Waals surface area contributed by atoms with Crippen LogP contribution < -0.4 is 5.32 Å². The molecule has 1 aromatic carbocycles. The van der Waals surface area contributed by atoms with Crippen molar-refractivity contribution >= 4 is 21.8 Å². The average molecular weight is 437 g/mol. The number of carbonyl (C=O) groups excluding carboxylic acids is 1. The van der Waals surface area contributed by atoms with Crippen LogP contribution in [0.1, 0.15) is 23.0 Å². The van der Waals surface area contributed by atoms with Crippen LogP contribution in [0.4, 0.5) is 0 Å². The molecule has 1 aliphatic rings. The molecule has 2 heterocycles. The lowest BCUT2D eigenvalue weighted by molar-refractivity contribution is 0.0149. The standard InChI is InChI=1S/C19H25BrN4O3/c1-2-18-17(12-22-24(18)15-5-3-14(20)4-6-15)19(26)21-11-16(25)13-23-7-9-27-10-8-23/h3-6,12,16,25H,2,7-11,13H2,1H3,(H,21,26). The Morgan fingerprint density at radius 3 is 2.70 bits per heavy atom. The molecule has 1 saturated heterocycles. The first-order valence-electron chi connectivity index (χ1n) is 9.17. The summed E-state index contributed by atoms with van der Waals surface area (Å²) in [5, 5.41) is 17.4. The molecular weight excluding hydrogens is 412 g/mol. The third kappa shape index (κ3) is 5.16. The predicted octanol–water partition coefficient (Wildman–Crippen LogP) is 1.62. The van der Waals surface area contributed by atoms with E-state index in [4.69, 9.17) is 4.74 Å². The molecule has 2 N–H and O–H groups in total. The quantitative estimate of drug-likeness (QED) is 0.689. The van der Waals surface area contributed by atoms with Crippen LogP contribution >= 0.6 is 15.9 Å². The number of rotatable bonds is 7. The molecule has 0 bridgehead atoms. The number of benzene rings is 1. The summed E-state index contributed by atoms with van der Waals surface area (Å²) in [7, 11) is 0. The van der Waals surface area contributed by atoms with Gasteiger partial charge < -0.3 is 15.2 Å². The molecule has 7 nitrogen and oxygen atoms in total. The maximum atomic E-state index is 12.6. The average Bonchev–Trinajstić information content (AvgIpc) is 3.11. The minimum absolute atomic E-state index is 0.211. The van der Waals surface area contributed by atoms with E-state index in [1.807, 2.05) is 31.2 Å². The second kappa shape index (κ2) is 9.45. The Labute approximate surface area is 167 Å². The van der Waals surface area contributed by atoms with Crippen molar-refractivity contribution in [2.24, 2.45) is 0 Å². The third-order valence-corrected chi connectivity index (χ3v) is 5.12. The second-order valence-electron chi connectivity index (χ2n) is 6.52. The highest BCUT2D eigenvalue weighted by atomic mass is 79.9. The molecule has 27 heavy (non-hydrogen) atoms. The van der Waals surface area contributed by atoms with E-state index in [0.29, 0.717) is 31.7 Å². The Balaban J connectivity index is 1.61.